The summed E-state index contributed by atoms with van der Waals surface area (Å²) in [5.74, 6) is -0.918. The van der Waals surface area contributed by atoms with Crippen molar-refractivity contribution < 1.29 is 9.18 Å². The first kappa shape index (κ1) is 14.3. The van der Waals surface area contributed by atoms with Crippen LogP contribution in [0.2, 0.25) is 0 Å². The van der Waals surface area contributed by atoms with E-state index in [1.54, 1.807) is 4.90 Å². The van der Waals surface area contributed by atoms with Gasteiger partial charge in [0.25, 0.3) is 0 Å². The van der Waals surface area contributed by atoms with Gasteiger partial charge in [0.15, 0.2) is 0 Å². The number of hydrogen-bond acceptors (Lipinski definition) is 2. The van der Waals surface area contributed by atoms with Gasteiger partial charge in [-0.3, -0.25) is 5.41 Å². The number of anilines is 1. The van der Waals surface area contributed by atoms with Crippen molar-refractivity contribution in [2.45, 2.75) is 25.7 Å². The lowest BCUT2D eigenvalue weighted by molar-refractivity contribution is 0.214. The highest BCUT2D eigenvalue weighted by atomic mass is 19.1. The molecule has 20 heavy (non-hydrogen) atoms. The number of likely N-dealkylation sites (tertiary alicyclic amines) is 1. The number of nitrogens with two attached hydrogens (primary N) is 1. The average Bonchev–Trinajstić information content (AvgIpc) is 2.69. The van der Waals surface area contributed by atoms with Gasteiger partial charge in [0, 0.05) is 18.8 Å². The summed E-state index contributed by atoms with van der Waals surface area (Å²) in [4.78, 5) is 13.9. The first-order valence-corrected chi connectivity index (χ1v) is 6.78. The number of benzene rings is 1. The molecule has 108 valence electrons. The number of amides is 2. The number of hydrogen-bond donors (Lipinski definition) is 3. The zero-order valence-corrected chi connectivity index (χ0v) is 11.3. The lowest BCUT2D eigenvalue weighted by Gasteiger charge is -2.21. The molecule has 5 nitrogen and oxygen atoms in total. The van der Waals surface area contributed by atoms with Gasteiger partial charge >= 0.3 is 6.03 Å². The van der Waals surface area contributed by atoms with E-state index in [1.807, 2.05) is 0 Å². The fraction of sp³-hybridized carbons (Fsp3) is 0.429. The third-order valence-corrected chi connectivity index (χ3v) is 3.40. The fourth-order valence-corrected chi connectivity index (χ4v) is 2.29. The normalized spacial score (nSPS) is 15.6. The molecule has 0 aromatic heterocycles. The molecule has 2 rings (SSSR count). The van der Waals surface area contributed by atoms with Gasteiger partial charge in [-0.15, -0.1) is 0 Å². The first-order valence-electron chi connectivity index (χ1n) is 6.78. The quantitative estimate of drug-likeness (QED) is 0.574. The van der Waals surface area contributed by atoms with Crippen molar-refractivity contribution in [1.29, 1.82) is 5.41 Å². The maximum absolute atomic E-state index is 13.4. The predicted octanol–water partition coefficient (Wildman–Crippen LogP) is 2.52. The summed E-state index contributed by atoms with van der Waals surface area (Å²) in [5.41, 5.74) is 5.75. The lowest BCUT2D eigenvalue weighted by atomic mass is 10.1. The van der Waals surface area contributed by atoms with Gasteiger partial charge in [-0.25, -0.2) is 9.18 Å². The van der Waals surface area contributed by atoms with Crippen molar-refractivity contribution >= 4 is 17.6 Å². The Balaban J connectivity index is 2.07. The molecule has 1 aromatic rings. The van der Waals surface area contributed by atoms with Gasteiger partial charge in [-0.05, 0) is 31.0 Å². The zero-order chi connectivity index (χ0) is 14.5. The minimum Gasteiger partial charge on any atom is -0.384 e. The second-order valence-corrected chi connectivity index (χ2v) is 4.94. The molecule has 0 bridgehead atoms. The average molecular weight is 278 g/mol. The summed E-state index contributed by atoms with van der Waals surface area (Å²) in [6.07, 6.45) is 4.31. The smallest absolute Gasteiger partial charge is 0.321 e. The van der Waals surface area contributed by atoms with Crippen LogP contribution in [0.5, 0.6) is 0 Å². The molecule has 1 aliphatic heterocycles. The van der Waals surface area contributed by atoms with Gasteiger partial charge in [0.2, 0.25) is 0 Å². The molecule has 0 atom stereocenters. The molecular weight excluding hydrogens is 259 g/mol. The highest BCUT2D eigenvalue weighted by Crippen LogP contribution is 2.16. The number of nitrogens with one attached hydrogen (secondary N) is 2. The Morgan fingerprint density at radius 1 is 1.25 bits per heavy atom. The molecule has 0 spiro atoms. The number of rotatable bonds is 2. The second-order valence-electron chi connectivity index (χ2n) is 4.94. The van der Waals surface area contributed by atoms with Crippen LogP contribution in [0.3, 0.4) is 0 Å². The van der Waals surface area contributed by atoms with Crippen molar-refractivity contribution in [1.82, 2.24) is 4.90 Å². The van der Waals surface area contributed by atoms with Crippen LogP contribution >= 0.6 is 0 Å². The second kappa shape index (κ2) is 6.36. The van der Waals surface area contributed by atoms with Crippen LogP contribution in [0.15, 0.2) is 18.2 Å². The summed E-state index contributed by atoms with van der Waals surface area (Å²) in [7, 11) is 0. The number of carbonyl (C=O) groups is 1. The van der Waals surface area contributed by atoms with Gasteiger partial charge in [0.05, 0.1) is 5.56 Å². The summed E-state index contributed by atoms with van der Waals surface area (Å²) in [5, 5.41) is 10.0. The Labute approximate surface area is 117 Å². The van der Waals surface area contributed by atoms with Crippen molar-refractivity contribution in [2.24, 2.45) is 5.73 Å². The third-order valence-electron chi connectivity index (χ3n) is 3.40. The molecule has 4 N–H and O–H groups in total. The van der Waals surface area contributed by atoms with Crippen molar-refractivity contribution in [3.05, 3.63) is 29.6 Å². The van der Waals surface area contributed by atoms with Crippen LogP contribution in [0.25, 0.3) is 0 Å². The molecular formula is C14H19FN4O. The van der Waals surface area contributed by atoms with Crippen LogP contribution < -0.4 is 11.1 Å². The van der Waals surface area contributed by atoms with Gasteiger partial charge in [-0.2, -0.15) is 0 Å². The molecule has 1 aliphatic rings. The standard InChI is InChI=1S/C14H19FN4O/c15-12-6-5-10(9-11(12)13(16)17)18-14(20)19-7-3-1-2-4-8-19/h5-6,9H,1-4,7-8H2,(H3,16,17)(H,18,20). The molecule has 0 unspecified atom stereocenters. The van der Waals surface area contributed by atoms with E-state index in [2.05, 4.69) is 5.32 Å². The molecule has 1 fully saturated rings. The predicted molar refractivity (Wildman–Crippen MR) is 76.5 cm³/mol. The summed E-state index contributed by atoms with van der Waals surface area (Å²) >= 11 is 0. The molecule has 1 heterocycles. The molecule has 1 saturated heterocycles. The number of amidine groups is 1. The lowest BCUT2D eigenvalue weighted by Crippen LogP contribution is -2.35. The Morgan fingerprint density at radius 3 is 2.50 bits per heavy atom. The fourth-order valence-electron chi connectivity index (χ4n) is 2.29. The number of nitrogen functional groups attached to an aromatic ring is 1. The zero-order valence-electron chi connectivity index (χ0n) is 11.3. The Hall–Kier alpha value is -2.11. The largest absolute Gasteiger partial charge is 0.384 e. The molecule has 0 radical (unpaired) electrons. The summed E-state index contributed by atoms with van der Waals surface area (Å²) in [6, 6.07) is 3.87. The maximum atomic E-state index is 13.4. The van der Waals surface area contributed by atoms with E-state index in [0.29, 0.717) is 5.69 Å². The number of nitrogens with zero attached hydrogens (tertiary/aromatic N) is 1. The SMILES string of the molecule is N=C(N)c1cc(NC(=O)N2CCCCCC2)ccc1F. The van der Waals surface area contributed by atoms with Crippen LogP contribution in [-0.2, 0) is 0 Å². The van der Waals surface area contributed by atoms with Crippen LogP contribution in [0, 0.1) is 11.2 Å². The van der Waals surface area contributed by atoms with E-state index >= 15 is 0 Å². The van der Waals surface area contributed by atoms with E-state index in [-0.39, 0.29) is 17.4 Å². The first-order chi connectivity index (χ1) is 9.58. The Bertz CT molecular complexity index is 510. The van der Waals surface area contributed by atoms with E-state index in [1.165, 1.54) is 18.2 Å². The molecule has 0 aliphatic carbocycles. The van der Waals surface area contributed by atoms with Crippen LogP contribution in [-0.4, -0.2) is 29.9 Å². The van der Waals surface area contributed by atoms with Crippen molar-refractivity contribution in [2.75, 3.05) is 18.4 Å². The third kappa shape index (κ3) is 3.46. The van der Waals surface area contributed by atoms with Gasteiger partial charge in [0.1, 0.15) is 11.7 Å². The molecule has 6 heteroatoms. The molecule has 0 saturated carbocycles. The highest BCUT2D eigenvalue weighted by Gasteiger charge is 2.16. The highest BCUT2D eigenvalue weighted by molar-refractivity contribution is 5.97. The topological polar surface area (TPSA) is 82.2 Å². The minimum absolute atomic E-state index is 0.00123. The number of carbonyl (C=O) groups excluding carboxylic acids is 1. The van der Waals surface area contributed by atoms with Gasteiger partial charge < -0.3 is 16.0 Å². The number of halogens is 1. The van der Waals surface area contributed by atoms with E-state index < -0.39 is 5.82 Å². The summed E-state index contributed by atoms with van der Waals surface area (Å²) in [6.45, 7) is 1.49. The van der Waals surface area contributed by atoms with Crippen LogP contribution in [0.4, 0.5) is 14.9 Å². The molecule has 2 amide bonds. The van der Waals surface area contributed by atoms with Crippen LogP contribution in [0.1, 0.15) is 31.2 Å². The van der Waals surface area contributed by atoms with E-state index in [4.69, 9.17) is 11.1 Å². The number of urea groups is 1. The van der Waals surface area contributed by atoms with Crippen molar-refractivity contribution in [3.8, 4) is 0 Å². The monoisotopic (exact) mass is 278 g/mol. The molecule has 1 aromatic carbocycles. The minimum atomic E-state index is -0.565. The van der Waals surface area contributed by atoms with Crippen molar-refractivity contribution in [3.63, 3.8) is 0 Å². The maximum Gasteiger partial charge on any atom is 0.321 e. The van der Waals surface area contributed by atoms with E-state index in [9.17, 15) is 9.18 Å². The van der Waals surface area contributed by atoms with Gasteiger partial charge in [-0.1, -0.05) is 12.8 Å². The Morgan fingerprint density at radius 2 is 1.90 bits per heavy atom. The summed E-state index contributed by atoms with van der Waals surface area (Å²) < 4.78 is 13.4. The van der Waals surface area contributed by atoms with E-state index in [0.717, 1.165) is 38.8 Å². The Kier molecular flexibility index (Phi) is 4.55.